The van der Waals surface area contributed by atoms with Crippen molar-refractivity contribution in [3.05, 3.63) is 65.5 Å². The maximum absolute atomic E-state index is 14.7. The van der Waals surface area contributed by atoms with Gasteiger partial charge in [-0.3, -0.25) is 29.0 Å². The number of benzene rings is 2. The lowest BCUT2D eigenvalue weighted by Gasteiger charge is -2.50. The third-order valence-electron chi connectivity index (χ3n) is 9.80. The van der Waals surface area contributed by atoms with Gasteiger partial charge in [0.25, 0.3) is 11.8 Å². The SMILES string of the molecule is CN1C(=O)[C@]2(Cl)C[C@@H]3C(=CC[C@@H]4C(=O)N(c5ccc(N6CCOCC6)cc5)C(=O)[C@@H]43)[C@H](c3ccc(O)c(F)c3)[C@]2(Cl)C1=O. The Labute approximate surface area is 256 Å². The molecule has 3 aliphatic heterocycles. The molecule has 224 valence electrons. The van der Waals surface area contributed by atoms with Crippen molar-refractivity contribution in [3.8, 4) is 5.75 Å². The van der Waals surface area contributed by atoms with Gasteiger partial charge in [0.15, 0.2) is 21.3 Å². The van der Waals surface area contributed by atoms with E-state index in [9.17, 15) is 28.7 Å². The van der Waals surface area contributed by atoms with Crippen LogP contribution in [0.5, 0.6) is 5.75 Å². The highest BCUT2D eigenvalue weighted by Gasteiger charge is 2.75. The van der Waals surface area contributed by atoms with Crippen molar-refractivity contribution in [2.45, 2.75) is 28.5 Å². The highest BCUT2D eigenvalue weighted by molar-refractivity contribution is 6.53. The Balaban J connectivity index is 1.29. The van der Waals surface area contributed by atoms with Crippen molar-refractivity contribution in [2.75, 3.05) is 43.2 Å². The lowest BCUT2D eigenvalue weighted by molar-refractivity contribution is -0.138. The first-order chi connectivity index (χ1) is 20.5. The average Bonchev–Trinajstić information content (AvgIpc) is 3.34. The highest BCUT2D eigenvalue weighted by atomic mass is 35.5. The minimum atomic E-state index is -2.01. The number of carbonyl (C=O) groups excluding carboxylic acids is 4. The number of amides is 4. The normalized spacial score (nSPS) is 33.9. The molecule has 12 heteroatoms. The van der Waals surface area contributed by atoms with Gasteiger partial charge in [-0.15, -0.1) is 23.2 Å². The molecule has 43 heavy (non-hydrogen) atoms. The van der Waals surface area contributed by atoms with Crippen LogP contribution in [0.3, 0.4) is 0 Å². The molecule has 6 atom stereocenters. The number of halogens is 3. The van der Waals surface area contributed by atoms with Gasteiger partial charge in [0.2, 0.25) is 11.8 Å². The van der Waals surface area contributed by atoms with E-state index >= 15 is 0 Å². The second kappa shape index (κ2) is 9.77. The lowest BCUT2D eigenvalue weighted by Crippen LogP contribution is -2.60. The Bertz CT molecular complexity index is 1610. The summed E-state index contributed by atoms with van der Waals surface area (Å²) in [6.45, 7) is 2.73. The van der Waals surface area contributed by atoms with Crippen LogP contribution >= 0.6 is 23.2 Å². The van der Waals surface area contributed by atoms with E-state index in [0.717, 1.165) is 35.8 Å². The predicted molar refractivity (Wildman–Crippen MR) is 156 cm³/mol. The van der Waals surface area contributed by atoms with Gasteiger partial charge in [0.1, 0.15) is 0 Å². The molecule has 1 saturated carbocycles. The zero-order valence-corrected chi connectivity index (χ0v) is 24.6. The quantitative estimate of drug-likeness (QED) is 0.315. The fraction of sp³-hybridized carbons (Fsp3) is 0.419. The van der Waals surface area contributed by atoms with Crippen LogP contribution in [0, 0.1) is 23.6 Å². The number of imide groups is 2. The second-order valence-electron chi connectivity index (χ2n) is 11.8. The van der Waals surface area contributed by atoms with Crippen molar-refractivity contribution in [2.24, 2.45) is 17.8 Å². The minimum Gasteiger partial charge on any atom is -0.505 e. The van der Waals surface area contributed by atoms with Gasteiger partial charge in [-0.1, -0.05) is 17.7 Å². The molecule has 5 aliphatic rings. The molecule has 1 N–H and O–H groups in total. The summed E-state index contributed by atoms with van der Waals surface area (Å²) in [7, 11) is 1.29. The average molecular weight is 628 g/mol. The molecule has 7 rings (SSSR count). The van der Waals surface area contributed by atoms with Crippen molar-refractivity contribution >= 4 is 58.2 Å². The van der Waals surface area contributed by atoms with Gasteiger partial charge in [-0.25, -0.2) is 4.39 Å². The number of hydrogen-bond acceptors (Lipinski definition) is 7. The molecule has 2 aromatic carbocycles. The van der Waals surface area contributed by atoms with Crippen LogP contribution in [0.25, 0.3) is 0 Å². The first kappa shape index (κ1) is 28.3. The molecular weight excluding hydrogens is 600 g/mol. The third-order valence-corrected chi connectivity index (χ3v) is 11.2. The van der Waals surface area contributed by atoms with Gasteiger partial charge in [-0.05, 0) is 60.7 Å². The number of phenolic OH excluding ortho intramolecular Hbond substituents is 1. The maximum atomic E-state index is 14.7. The first-order valence-corrected chi connectivity index (χ1v) is 14.9. The summed E-state index contributed by atoms with van der Waals surface area (Å²) in [5.74, 6) is -7.12. The molecular formula is C31H28Cl2FN3O6. The maximum Gasteiger partial charge on any atom is 0.253 e. The predicted octanol–water partition coefficient (Wildman–Crippen LogP) is 3.56. The standard InChI is InChI=1S/C31H28Cl2FN3O6/c1-35-28(41)30(32)15-21-19(25(31(30,33)29(35)42)16-2-9-23(38)22(34)14-16)7-8-20-24(21)27(40)37(26(20)39)18-5-3-17(4-6-18)36-10-12-43-13-11-36/h2-7,9,14,20-21,24-25,38H,8,10-13,15H2,1H3/t20-,21+,24-,25-,30+,31-/m0/s1. The van der Waals surface area contributed by atoms with Crippen molar-refractivity contribution in [1.82, 2.24) is 4.90 Å². The molecule has 4 fully saturated rings. The number of alkyl halides is 2. The number of morpholine rings is 1. The molecule has 0 aromatic heterocycles. The van der Waals surface area contributed by atoms with E-state index in [1.807, 2.05) is 12.1 Å². The Morgan fingerprint density at radius 1 is 0.930 bits per heavy atom. The molecule has 0 unspecified atom stereocenters. The summed E-state index contributed by atoms with van der Waals surface area (Å²) in [4.78, 5) is 55.3. The van der Waals surface area contributed by atoms with Crippen molar-refractivity contribution < 1.29 is 33.4 Å². The van der Waals surface area contributed by atoms with Crippen LogP contribution in [0.2, 0.25) is 0 Å². The Morgan fingerprint density at radius 3 is 2.28 bits per heavy atom. The van der Waals surface area contributed by atoms with Crippen LogP contribution in [0.15, 0.2) is 54.1 Å². The number of hydrogen-bond donors (Lipinski definition) is 1. The molecule has 2 aromatic rings. The van der Waals surface area contributed by atoms with Gasteiger partial charge >= 0.3 is 0 Å². The Morgan fingerprint density at radius 2 is 1.60 bits per heavy atom. The number of ether oxygens (including phenoxy) is 1. The van der Waals surface area contributed by atoms with Crippen LogP contribution in [-0.4, -0.2) is 76.7 Å². The minimum absolute atomic E-state index is 0.153. The third kappa shape index (κ3) is 3.79. The van der Waals surface area contributed by atoms with Crippen LogP contribution < -0.4 is 9.80 Å². The zero-order chi connectivity index (χ0) is 30.4. The first-order valence-electron chi connectivity index (χ1n) is 14.2. The second-order valence-corrected chi connectivity index (χ2v) is 13.1. The largest absolute Gasteiger partial charge is 0.505 e. The van der Waals surface area contributed by atoms with Gasteiger partial charge < -0.3 is 14.7 Å². The van der Waals surface area contributed by atoms with Crippen molar-refractivity contribution in [3.63, 3.8) is 0 Å². The molecule has 0 bridgehead atoms. The summed E-state index contributed by atoms with van der Waals surface area (Å²) in [5, 5.41) is 9.85. The number of anilines is 2. The number of likely N-dealkylation sites (tertiary alicyclic amines) is 1. The summed E-state index contributed by atoms with van der Waals surface area (Å²) in [6.07, 6.45) is 1.83. The van der Waals surface area contributed by atoms with E-state index in [2.05, 4.69) is 4.90 Å². The topological polar surface area (TPSA) is 107 Å². The zero-order valence-electron chi connectivity index (χ0n) is 23.1. The summed E-state index contributed by atoms with van der Waals surface area (Å²) in [6, 6.07) is 10.9. The molecule has 0 spiro atoms. The number of phenols is 1. The van der Waals surface area contributed by atoms with E-state index in [4.69, 9.17) is 27.9 Å². The number of carbonyl (C=O) groups is 4. The monoisotopic (exact) mass is 627 g/mol. The molecule has 3 saturated heterocycles. The van der Waals surface area contributed by atoms with E-state index in [0.29, 0.717) is 24.5 Å². The van der Waals surface area contributed by atoms with Crippen molar-refractivity contribution in [1.29, 1.82) is 0 Å². The fourth-order valence-corrected chi connectivity index (χ4v) is 8.73. The van der Waals surface area contributed by atoms with E-state index in [-0.39, 0.29) is 24.3 Å². The molecule has 0 radical (unpaired) electrons. The van der Waals surface area contributed by atoms with Gasteiger partial charge in [0, 0.05) is 31.7 Å². The van der Waals surface area contributed by atoms with Gasteiger partial charge in [0.05, 0.1) is 30.7 Å². The van der Waals surface area contributed by atoms with Crippen LogP contribution in [0.4, 0.5) is 15.8 Å². The van der Waals surface area contributed by atoms with Crippen LogP contribution in [-0.2, 0) is 23.9 Å². The molecule has 4 amide bonds. The van der Waals surface area contributed by atoms with Gasteiger partial charge in [-0.2, -0.15) is 0 Å². The number of fused-ring (bicyclic) bond motifs is 4. The summed E-state index contributed by atoms with van der Waals surface area (Å²) < 4.78 is 20.1. The fourth-order valence-electron chi connectivity index (χ4n) is 7.71. The van der Waals surface area contributed by atoms with E-state index in [1.165, 1.54) is 18.0 Å². The molecule has 9 nitrogen and oxygen atoms in total. The summed E-state index contributed by atoms with van der Waals surface area (Å²) in [5.41, 5.74) is 2.18. The number of allylic oxidation sites excluding steroid dienone is 2. The molecule has 2 aliphatic carbocycles. The lowest BCUT2D eigenvalue weighted by atomic mass is 9.56. The smallest absolute Gasteiger partial charge is 0.253 e. The summed E-state index contributed by atoms with van der Waals surface area (Å²) >= 11 is 14.2. The number of rotatable bonds is 3. The molecule has 3 heterocycles. The van der Waals surface area contributed by atoms with E-state index in [1.54, 1.807) is 18.2 Å². The highest BCUT2D eigenvalue weighted by Crippen LogP contribution is 2.65. The van der Waals surface area contributed by atoms with Crippen LogP contribution in [0.1, 0.15) is 24.3 Å². The number of nitrogens with zero attached hydrogens (tertiary/aromatic N) is 3. The Hall–Kier alpha value is -3.47. The Kier molecular flexibility index (Phi) is 6.43. The van der Waals surface area contributed by atoms with E-state index < -0.39 is 62.7 Å². The number of aromatic hydroxyl groups is 1.